The molecule has 0 spiro atoms. The number of nitrogens with two attached hydrogens (primary N) is 1. The van der Waals surface area contributed by atoms with E-state index in [1.165, 1.54) is 0 Å². The van der Waals surface area contributed by atoms with Crippen LogP contribution in [0.4, 0.5) is 0 Å². The Morgan fingerprint density at radius 3 is 2.93 bits per heavy atom. The summed E-state index contributed by atoms with van der Waals surface area (Å²) in [6, 6.07) is 7.90. The van der Waals surface area contributed by atoms with Crippen LogP contribution in [0.25, 0.3) is 0 Å². The van der Waals surface area contributed by atoms with Crippen molar-refractivity contribution in [1.82, 2.24) is 5.32 Å². The van der Waals surface area contributed by atoms with Gasteiger partial charge >= 0.3 is 0 Å². The number of carbonyl (C=O) groups excluding carboxylic acids is 1. The number of hydrogen-bond acceptors (Lipinski definition) is 2. The first-order valence-electron chi connectivity index (χ1n) is 4.88. The highest BCUT2D eigenvalue weighted by atomic mass is 79.9. The zero-order chi connectivity index (χ0) is 11.3. The number of benzene rings is 1. The predicted molar refractivity (Wildman–Crippen MR) is 64.4 cm³/mol. The molecular weight excluding hydrogens is 256 g/mol. The molecule has 1 rings (SSSR count). The molecule has 0 aliphatic rings. The first-order valence-corrected chi connectivity index (χ1v) is 5.67. The fourth-order valence-electron chi connectivity index (χ4n) is 1.30. The van der Waals surface area contributed by atoms with Crippen LogP contribution < -0.4 is 11.1 Å². The largest absolute Gasteiger partial charge is 0.350 e. The highest BCUT2D eigenvalue weighted by molar-refractivity contribution is 9.10. The van der Waals surface area contributed by atoms with Crippen LogP contribution in [0, 0.1) is 0 Å². The van der Waals surface area contributed by atoms with Crippen molar-refractivity contribution >= 4 is 21.8 Å². The van der Waals surface area contributed by atoms with Gasteiger partial charge in [0.1, 0.15) is 0 Å². The molecule has 15 heavy (non-hydrogen) atoms. The fourth-order valence-corrected chi connectivity index (χ4v) is 1.72. The van der Waals surface area contributed by atoms with Gasteiger partial charge in [0.25, 0.3) is 0 Å². The molecule has 0 aromatic heterocycles. The van der Waals surface area contributed by atoms with Crippen LogP contribution >= 0.6 is 15.9 Å². The summed E-state index contributed by atoms with van der Waals surface area (Å²) in [4.78, 5) is 11.3. The standard InChI is InChI=1S/C11H15BrN2O/c1-8(14-11(15)5-6-13)9-3-2-4-10(12)7-9/h2-4,7-8H,5-6,13H2,1H3,(H,14,15)/t8-/m0/s1. The van der Waals surface area contributed by atoms with Gasteiger partial charge in [-0.3, -0.25) is 4.79 Å². The van der Waals surface area contributed by atoms with Crippen LogP contribution in [0.15, 0.2) is 28.7 Å². The molecule has 0 radical (unpaired) electrons. The van der Waals surface area contributed by atoms with E-state index in [1.807, 2.05) is 31.2 Å². The lowest BCUT2D eigenvalue weighted by atomic mass is 10.1. The summed E-state index contributed by atoms with van der Waals surface area (Å²) in [5.41, 5.74) is 6.38. The minimum absolute atomic E-state index is 0.00928. The smallest absolute Gasteiger partial charge is 0.221 e. The number of hydrogen-bond donors (Lipinski definition) is 2. The molecule has 0 saturated heterocycles. The molecular formula is C11H15BrN2O. The average molecular weight is 271 g/mol. The quantitative estimate of drug-likeness (QED) is 0.879. The molecule has 3 N–H and O–H groups in total. The lowest BCUT2D eigenvalue weighted by Gasteiger charge is -2.14. The molecule has 4 heteroatoms. The van der Waals surface area contributed by atoms with Crippen molar-refractivity contribution in [2.24, 2.45) is 5.73 Å². The molecule has 1 aromatic carbocycles. The van der Waals surface area contributed by atoms with Crippen molar-refractivity contribution in [3.63, 3.8) is 0 Å². The zero-order valence-electron chi connectivity index (χ0n) is 8.66. The molecule has 0 saturated carbocycles. The summed E-state index contributed by atoms with van der Waals surface area (Å²) < 4.78 is 1.01. The Balaban J connectivity index is 2.60. The molecule has 0 bridgehead atoms. The second-order valence-electron chi connectivity index (χ2n) is 3.38. The maximum atomic E-state index is 11.3. The van der Waals surface area contributed by atoms with Gasteiger partial charge in [0, 0.05) is 17.4 Å². The van der Waals surface area contributed by atoms with Gasteiger partial charge in [0.2, 0.25) is 5.91 Å². The van der Waals surface area contributed by atoms with E-state index >= 15 is 0 Å². The number of halogens is 1. The molecule has 82 valence electrons. The van der Waals surface area contributed by atoms with Gasteiger partial charge in [-0.2, -0.15) is 0 Å². The number of amides is 1. The first-order chi connectivity index (χ1) is 7.13. The first kappa shape index (κ1) is 12.2. The second kappa shape index (κ2) is 5.88. The fraction of sp³-hybridized carbons (Fsp3) is 0.364. The minimum atomic E-state index is -0.00928. The van der Waals surface area contributed by atoms with E-state index < -0.39 is 0 Å². The number of nitrogens with one attached hydrogen (secondary N) is 1. The van der Waals surface area contributed by atoms with Gasteiger partial charge in [-0.15, -0.1) is 0 Å². The SMILES string of the molecule is C[C@H](NC(=O)CCN)c1cccc(Br)c1. The molecule has 0 heterocycles. The van der Waals surface area contributed by atoms with Crippen LogP contribution in [-0.4, -0.2) is 12.5 Å². The Morgan fingerprint density at radius 2 is 2.33 bits per heavy atom. The number of rotatable bonds is 4. The molecule has 1 aromatic rings. The van der Waals surface area contributed by atoms with E-state index in [1.54, 1.807) is 0 Å². The molecule has 1 atom stereocenters. The van der Waals surface area contributed by atoms with Crippen molar-refractivity contribution < 1.29 is 4.79 Å². The molecule has 1 amide bonds. The van der Waals surface area contributed by atoms with Crippen LogP contribution in [0.3, 0.4) is 0 Å². The summed E-state index contributed by atoms with van der Waals surface area (Å²) in [7, 11) is 0. The predicted octanol–water partition coefficient (Wildman–Crippen LogP) is 1.98. The van der Waals surface area contributed by atoms with Crippen molar-refractivity contribution in [2.45, 2.75) is 19.4 Å². The normalized spacial score (nSPS) is 12.2. The Kier molecular flexibility index (Phi) is 4.78. The Hall–Kier alpha value is -0.870. The molecule has 0 fully saturated rings. The molecule has 0 unspecified atom stereocenters. The summed E-state index contributed by atoms with van der Waals surface area (Å²) in [5.74, 6) is -0.00928. The Morgan fingerprint density at radius 1 is 1.60 bits per heavy atom. The van der Waals surface area contributed by atoms with Crippen LogP contribution in [-0.2, 0) is 4.79 Å². The van der Waals surface area contributed by atoms with E-state index in [4.69, 9.17) is 5.73 Å². The summed E-state index contributed by atoms with van der Waals surface area (Å²) in [6.07, 6.45) is 0.373. The van der Waals surface area contributed by atoms with E-state index in [0.29, 0.717) is 13.0 Å². The van der Waals surface area contributed by atoms with Crippen LogP contribution in [0.2, 0.25) is 0 Å². The van der Waals surface area contributed by atoms with Crippen LogP contribution in [0.1, 0.15) is 24.9 Å². The lowest BCUT2D eigenvalue weighted by Crippen LogP contribution is -2.28. The van der Waals surface area contributed by atoms with Crippen molar-refractivity contribution in [3.8, 4) is 0 Å². The van der Waals surface area contributed by atoms with Gasteiger partial charge in [-0.25, -0.2) is 0 Å². The lowest BCUT2D eigenvalue weighted by molar-refractivity contribution is -0.121. The topological polar surface area (TPSA) is 55.1 Å². The average Bonchev–Trinajstić information content (AvgIpc) is 2.18. The Bertz CT molecular complexity index is 341. The third-order valence-corrected chi connectivity index (χ3v) is 2.59. The monoisotopic (exact) mass is 270 g/mol. The minimum Gasteiger partial charge on any atom is -0.350 e. The molecule has 3 nitrogen and oxygen atoms in total. The zero-order valence-corrected chi connectivity index (χ0v) is 10.3. The van der Waals surface area contributed by atoms with E-state index in [2.05, 4.69) is 21.2 Å². The van der Waals surface area contributed by atoms with Gasteiger partial charge in [-0.1, -0.05) is 28.1 Å². The second-order valence-corrected chi connectivity index (χ2v) is 4.30. The van der Waals surface area contributed by atoms with Crippen molar-refractivity contribution in [3.05, 3.63) is 34.3 Å². The van der Waals surface area contributed by atoms with Gasteiger partial charge in [-0.05, 0) is 24.6 Å². The van der Waals surface area contributed by atoms with Crippen LogP contribution in [0.5, 0.6) is 0 Å². The number of carbonyl (C=O) groups is 1. The van der Waals surface area contributed by atoms with Gasteiger partial charge < -0.3 is 11.1 Å². The summed E-state index contributed by atoms with van der Waals surface area (Å²) in [6.45, 7) is 2.34. The summed E-state index contributed by atoms with van der Waals surface area (Å²) in [5, 5.41) is 2.88. The van der Waals surface area contributed by atoms with E-state index in [0.717, 1.165) is 10.0 Å². The molecule has 0 aliphatic heterocycles. The maximum absolute atomic E-state index is 11.3. The van der Waals surface area contributed by atoms with E-state index in [-0.39, 0.29) is 11.9 Å². The van der Waals surface area contributed by atoms with Crippen molar-refractivity contribution in [1.29, 1.82) is 0 Å². The van der Waals surface area contributed by atoms with E-state index in [9.17, 15) is 4.79 Å². The molecule has 0 aliphatic carbocycles. The third-order valence-electron chi connectivity index (χ3n) is 2.10. The maximum Gasteiger partial charge on any atom is 0.221 e. The van der Waals surface area contributed by atoms with Gasteiger partial charge in [0.15, 0.2) is 0 Å². The highest BCUT2D eigenvalue weighted by Gasteiger charge is 2.08. The van der Waals surface area contributed by atoms with Crippen molar-refractivity contribution in [2.75, 3.05) is 6.54 Å². The summed E-state index contributed by atoms with van der Waals surface area (Å²) >= 11 is 3.39. The third kappa shape index (κ3) is 4.01. The Labute approximate surface area is 98.2 Å². The van der Waals surface area contributed by atoms with Gasteiger partial charge in [0.05, 0.1) is 6.04 Å². The highest BCUT2D eigenvalue weighted by Crippen LogP contribution is 2.17.